The molecular formula is C12H18N2O. The second kappa shape index (κ2) is 4.29. The molecule has 0 bridgehead atoms. The summed E-state index contributed by atoms with van der Waals surface area (Å²) in [5.41, 5.74) is 0.991. The van der Waals surface area contributed by atoms with Crippen LogP contribution in [0.15, 0.2) is 24.5 Å². The van der Waals surface area contributed by atoms with Crippen molar-refractivity contribution >= 4 is 0 Å². The van der Waals surface area contributed by atoms with Crippen LogP contribution >= 0.6 is 0 Å². The Balaban J connectivity index is 2.19. The van der Waals surface area contributed by atoms with Crippen LogP contribution in [0.2, 0.25) is 0 Å². The third kappa shape index (κ3) is 2.19. The third-order valence-electron chi connectivity index (χ3n) is 3.20. The number of hydrogen-bond donors (Lipinski definition) is 1. The van der Waals surface area contributed by atoms with E-state index in [9.17, 15) is 0 Å². The minimum absolute atomic E-state index is 0.180. The van der Waals surface area contributed by atoms with Gasteiger partial charge in [-0.05, 0) is 32.9 Å². The summed E-state index contributed by atoms with van der Waals surface area (Å²) in [7, 11) is 2.01. The van der Waals surface area contributed by atoms with Gasteiger partial charge in [0.15, 0.2) is 0 Å². The zero-order valence-corrected chi connectivity index (χ0v) is 9.36. The largest absolute Gasteiger partial charge is 0.370 e. The molecule has 1 aliphatic rings. The van der Waals surface area contributed by atoms with Gasteiger partial charge in [-0.2, -0.15) is 0 Å². The third-order valence-corrected chi connectivity index (χ3v) is 3.20. The summed E-state index contributed by atoms with van der Waals surface area (Å²) in [4.78, 5) is 4.16. The highest BCUT2D eigenvalue weighted by molar-refractivity contribution is 5.18. The van der Waals surface area contributed by atoms with E-state index < -0.39 is 0 Å². The molecule has 2 heterocycles. The molecule has 1 saturated heterocycles. The number of rotatable bonds is 2. The van der Waals surface area contributed by atoms with Crippen LogP contribution < -0.4 is 5.32 Å². The highest BCUT2D eigenvalue weighted by Gasteiger charge is 2.34. The lowest BCUT2D eigenvalue weighted by Gasteiger charge is -2.38. The fourth-order valence-electron chi connectivity index (χ4n) is 2.18. The molecule has 82 valence electrons. The Morgan fingerprint density at radius 3 is 3.13 bits per heavy atom. The molecule has 1 fully saturated rings. The van der Waals surface area contributed by atoms with E-state index in [1.807, 2.05) is 19.3 Å². The molecule has 2 atom stereocenters. The number of pyridine rings is 1. The van der Waals surface area contributed by atoms with Gasteiger partial charge in [-0.15, -0.1) is 0 Å². The van der Waals surface area contributed by atoms with E-state index in [4.69, 9.17) is 4.74 Å². The monoisotopic (exact) mass is 206 g/mol. The van der Waals surface area contributed by atoms with Gasteiger partial charge >= 0.3 is 0 Å². The van der Waals surface area contributed by atoms with Gasteiger partial charge in [-0.1, -0.05) is 6.07 Å². The summed E-state index contributed by atoms with van der Waals surface area (Å²) >= 11 is 0. The SMILES string of the molecule is CNC1CCOC(C)(c2cccnc2)C1. The average Bonchev–Trinajstić information content (AvgIpc) is 2.30. The average molecular weight is 206 g/mol. The second-order valence-corrected chi connectivity index (χ2v) is 4.30. The number of nitrogens with one attached hydrogen (secondary N) is 1. The zero-order chi connectivity index (χ0) is 10.7. The van der Waals surface area contributed by atoms with Gasteiger partial charge in [-0.25, -0.2) is 0 Å². The fourth-order valence-corrected chi connectivity index (χ4v) is 2.18. The molecule has 0 saturated carbocycles. The number of hydrogen-bond acceptors (Lipinski definition) is 3. The molecule has 3 nitrogen and oxygen atoms in total. The molecule has 1 aromatic heterocycles. The molecular weight excluding hydrogens is 188 g/mol. The van der Waals surface area contributed by atoms with E-state index in [0.29, 0.717) is 6.04 Å². The van der Waals surface area contributed by atoms with Crippen molar-refractivity contribution in [3.8, 4) is 0 Å². The van der Waals surface area contributed by atoms with Crippen LogP contribution in [0.25, 0.3) is 0 Å². The van der Waals surface area contributed by atoms with Crippen molar-refractivity contribution in [1.29, 1.82) is 0 Å². The van der Waals surface area contributed by atoms with Crippen LogP contribution in [0.5, 0.6) is 0 Å². The Morgan fingerprint density at radius 2 is 2.47 bits per heavy atom. The summed E-state index contributed by atoms with van der Waals surface area (Å²) in [6, 6.07) is 4.60. The van der Waals surface area contributed by atoms with Crippen molar-refractivity contribution < 1.29 is 4.74 Å². The van der Waals surface area contributed by atoms with E-state index in [0.717, 1.165) is 19.4 Å². The first-order chi connectivity index (χ1) is 7.24. The van der Waals surface area contributed by atoms with Crippen molar-refractivity contribution in [3.05, 3.63) is 30.1 Å². The highest BCUT2D eigenvalue weighted by atomic mass is 16.5. The Morgan fingerprint density at radius 1 is 1.60 bits per heavy atom. The molecule has 15 heavy (non-hydrogen) atoms. The maximum absolute atomic E-state index is 5.90. The van der Waals surface area contributed by atoms with E-state index in [-0.39, 0.29) is 5.60 Å². The molecule has 0 amide bonds. The molecule has 3 heteroatoms. The minimum atomic E-state index is -0.180. The summed E-state index contributed by atoms with van der Waals surface area (Å²) in [6.45, 7) is 2.96. The molecule has 2 rings (SSSR count). The molecule has 2 unspecified atom stereocenters. The smallest absolute Gasteiger partial charge is 0.0932 e. The molecule has 0 aliphatic carbocycles. The summed E-state index contributed by atoms with van der Waals surface area (Å²) in [5, 5.41) is 3.33. The van der Waals surface area contributed by atoms with Gasteiger partial charge in [0.25, 0.3) is 0 Å². The van der Waals surface area contributed by atoms with Gasteiger partial charge in [0.2, 0.25) is 0 Å². The van der Waals surface area contributed by atoms with Gasteiger partial charge < -0.3 is 10.1 Å². The molecule has 0 radical (unpaired) electrons. The first kappa shape index (κ1) is 10.6. The van der Waals surface area contributed by atoms with Crippen molar-refractivity contribution in [2.45, 2.75) is 31.4 Å². The first-order valence-corrected chi connectivity index (χ1v) is 5.46. The predicted octanol–water partition coefficient (Wildman–Crippen LogP) is 1.70. The van der Waals surface area contributed by atoms with E-state index in [1.54, 1.807) is 6.20 Å². The number of aromatic nitrogens is 1. The zero-order valence-electron chi connectivity index (χ0n) is 9.36. The fraction of sp³-hybridized carbons (Fsp3) is 0.583. The lowest BCUT2D eigenvalue weighted by Crippen LogP contribution is -2.42. The number of ether oxygens (including phenoxy) is 1. The Labute approximate surface area is 90.9 Å². The van der Waals surface area contributed by atoms with Gasteiger partial charge in [0.1, 0.15) is 0 Å². The molecule has 1 N–H and O–H groups in total. The topological polar surface area (TPSA) is 34.1 Å². The molecule has 0 spiro atoms. The molecule has 1 aromatic rings. The minimum Gasteiger partial charge on any atom is -0.370 e. The van der Waals surface area contributed by atoms with Crippen LogP contribution in [-0.2, 0) is 10.3 Å². The van der Waals surface area contributed by atoms with Crippen LogP contribution in [0.3, 0.4) is 0 Å². The standard InChI is InChI=1S/C12H18N2O/c1-12(10-4-3-6-14-9-10)8-11(13-2)5-7-15-12/h3-4,6,9,11,13H,5,7-8H2,1-2H3. The Hall–Kier alpha value is -0.930. The lowest BCUT2D eigenvalue weighted by molar-refractivity contribution is -0.0806. The van der Waals surface area contributed by atoms with Crippen LogP contribution in [0.4, 0.5) is 0 Å². The van der Waals surface area contributed by atoms with Gasteiger partial charge in [0.05, 0.1) is 5.60 Å². The quantitative estimate of drug-likeness (QED) is 0.799. The van der Waals surface area contributed by atoms with E-state index in [2.05, 4.69) is 23.3 Å². The Bertz CT molecular complexity index is 315. The van der Waals surface area contributed by atoms with Crippen molar-refractivity contribution in [3.63, 3.8) is 0 Å². The highest BCUT2D eigenvalue weighted by Crippen LogP contribution is 2.34. The first-order valence-electron chi connectivity index (χ1n) is 5.46. The van der Waals surface area contributed by atoms with Gasteiger partial charge in [0, 0.05) is 30.6 Å². The molecule has 0 aromatic carbocycles. The molecule has 1 aliphatic heterocycles. The maximum Gasteiger partial charge on any atom is 0.0932 e. The van der Waals surface area contributed by atoms with E-state index in [1.165, 1.54) is 5.56 Å². The maximum atomic E-state index is 5.90. The summed E-state index contributed by atoms with van der Waals surface area (Å²) in [6.07, 6.45) is 5.80. The van der Waals surface area contributed by atoms with Crippen molar-refractivity contribution in [2.24, 2.45) is 0 Å². The van der Waals surface area contributed by atoms with E-state index >= 15 is 0 Å². The normalized spacial score (nSPS) is 31.5. The summed E-state index contributed by atoms with van der Waals surface area (Å²) in [5.74, 6) is 0. The number of nitrogens with zero attached hydrogens (tertiary/aromatic N) is 1. The van der Waals surface area contributed by atoms with Crippen molar-refractivity contribution in [1.82, 2.24) is 10.3 Å². The second-order valence-electron chi connectivity index (χ2n) is 4.30. The predicted molar refractivity (Wildman–Crippen MR) is 59.6 cm³/mol. The van der Waals surface area contributed by atoms with Crippen molar-refractivity contribution in [2.75, 3.05) is 13.7 Å². The van der Waals surface area contributed by atoms with Gasteiger partial charge in [-0.3, -0.25) is 4.98 Å². The van der Waals surface area contributed by atoms with Crippen LogP contribution in [-0.4, -0.2) is 24.7 Å². The van der Waals surface area contributed by atoms with Crippen LogP contribution in [0.1, 0.15) is 25.3 Å². The summed E-state index contributed by atoms with van der Waals surface area (Å²) < 4.78 is 5.90. The lowest BCUT2D eigenvalue weighted by atomic mass is 9.87. The van der Waals surface area contributed by atoms with Crippen LogP contribution in [0, 0.1) is 0 Å². The Kier molecular flexibility index (Phi) is 3.03.